The summed E-state index contributed by atoms with van der Waals surface area (Å²) in [6.45, 7) is 5.39. The first kappa shape index (κ1) is 17.9. The Morgan fingerprint density at radius 1 is 1.31 bits per heavy atom. The van der Waals surface area contributed by atoms with E-state index in [0.717, 1.165) is 0 Å². The number of quaternary nitrogens is 1. The van der Waals surface area contributed by atoms with E-state index in [-0.39, 0.29) is 25.7 Å². The van der Waals surface area contributed by atoms with Gasteiger partial charge in [0.25, 0.3) is 0 Å². The summed E-state index contributed by atoms with van der Waals surface area (Å²) >= 11 is 0. The van der Waals surface area contributed by atoms with Crippen LogP contribution >= 0.6 is 0 Å². The maximum Gasteiger partial charge on any atom is 0.341 e. The number of carbonyl (C=O) groups is 2. The maximum atomic E-state index is 13.0. The van der Waals surface area contributed by atoms with E-state index < -0.39 is 45.9 Å². The highest BCUT2D eigenvalue weighted by atomic mass is 16.7. The molecule has 0 aromatic carbocycles. The average Bonchev–Trinajstić information content (AvgIpc) is 2.94. The van der Waals surface area contributed by atoms with Gasteiger partial charge in [0.1, 0.15) is 6.61 Å². The van der Waals surface area contributed by atoms with Crippen molar-refractivity contribution in [2.45, 2.75) is 63.1 Å². The van der Waals surface area contributed by atoms with Crippen LogP contribution in [0.3, 0.4) is 0 Å². The molecule has 0 saturated carbocycles. The molecule has 4 heterocycles. The van der Waals surface area contributed by atoms with Gasteiger partial charge in [0, 0.05) is 12.0 Å². The highest BCUT2D eigenvalue weighted by molar-refractivity contribution is 5.84. The predicted molar refractivity (Wildman–Crippen MR) is 88.4 cm³/mol. The lowest BCUT2D eigenvalue weighted by Crippen LogP contribution is -2.51. The topological polar surface area (TPSA) is 108 Å². The molecule has 26 heavy (non-hydrogen) atoms. The van der Waals surface area contributed by atoms with E-state index in [1.165, 1.54) is 6.92 Å². The lowest BCUT2D eigenvalue weighted by atomic mass is 9.82. The number of hydroxylamine groups is 3. The second-order valence-electron chi connectivity index (χ2n) is 8.29. The van der Waals surface area contributed by atoms with E-state index in [2.05, 4.69) is 0 Å². The lowest BCUT2D eigenvalue weighted by Gasteiger charge is -2.41. The number of ether oxygens (including phenoxy) is 3. The molecule has 0 bridgehead atoms. The third-order valence-electron chi connectivity index (χ3n) is 6.64. The second kappa shape index (κ2) is 5.51. The third kappa shape index (κ3) is 2.43. The maximum absolute atomic E-state index is 13.0. The molecule has 0 amide bonds. The normalized spacial score (nSPS) is 51.0. The van der Waals surface area contributed by atoms with E-state index in [1.807, 2.05) is 0 Å². The summed E-state index contributed by atoms with van der Waals surface area (Å²) in [5.41, 5.74) is -2.28. The number of nitrogens with zero attached hydrogens (tertiary/aromatic N) is 1. The molecule has 4 aliphatic heterocycles. The van der Waals surface area contributed by atoms with Gasteiger partial charge in [-0.25, -0.2) is 9.59 Å². The number of cyclic esters (lactones) is 1. The summed E-state index contributed by atoms with van der Waals surface area (Å²) in [7, 11) is 0. The molecule has 1 N–H and O–H groups in total. The first-order valence-electron chi connectivity index (χ1n) is 9.15. The number of aliphatic hydroxyl groups is 1. The average molecular weight is 367 g/mol. The van der Waals surface area contributed by atoms with Crippen molar-refractivity contribution in [1.29, 1.82) is 0 Å². The molecule has 0 aromatic heterocycles. The molecule has 1 spiro atoms. The Balaban J connectivity index is 1.68. The first-order valence-corrected chi connectivity index (χ1v) is 9.15. The van der Waals surface area contributed by atoms with Crippen molar-refractivity contribution in [2.75, 3.05) is 19.7 Å². The van der Waals surface area contributed by atoms with Crippen LogP contribution in [0.1, 0.15) is 33.6 Å². The van der Waals surface area contributed by atoms with Gasteiger partial charge in [-0.3, -0.25) is 0 Å². The fourth-order valence-corrected chi connectivity index (χ4v) is 4.53. The molecule has 4 aliphatic rings. The number of rotatable bonds is 0. The van der Waals surface area contributed by atoms with E-state index in [4.69, 9.17) is 14.2 Å². The van der Waals surface area contributed by atoms with Crippen molar-refractivity contribution < 1.29 is 33.6 Å². The lowest BCUT2D eigenvalue weighted by molar-refractivity contribution is -0.877. The van der Waals surface area contributed by atoms with Gasteiger partial charge < -0.3 is 29.2 Å². The molecule has 0 aromatic rings. The quantitative estimate of drug-likeness (QED) is 0.217. The Morgan fingerprint density at radius 3 is 2.65 bits per heavy atom. The number of carbonyl (C=O) groups excluding carboxylic acids is 2. The number of hydrogen-bond acceptors (Lipinski definition) is 7. The summed E-state index contributed by atoms with van der Waals surface area (Å²) in [6, 6.07) is -0.556. The fourth-order valence-electron chi connectivity index (χ4n) is 4.53. The Labute approximate surface area is 151 Å². The fraction of sp³-hybridized carbons (Fsp3) is 0.778. The summed E-state index contributed by atoms with van der Waals surface area (Å²) in [6.07, 6.45) is 1.48. The number of hydrogen-bond donors (Lipinski definition) is 1. The minimum Gasteiger partial charge on any atom is -0.632 e. The van der Waals surface area contributed by atoms with Crippen molar-refractivity contribution in [2.24, 2.45) is 5.92 Å². The van der Waals surface area contributed by atoms with Crippen LogP contribution in [-0.2, 0) is 23.8 Å². The molecule has 2 unspecified atom stereocenters. The van der Waals surface area contributed by atoms with Gasteiger partial charge in [-0.1, -0.05) is 6.92 Å². The largest absolute Gasteiger partial charge is 0.632 e. The van der Waals surface area contributed by atoms with Crippen LogP contribution in [0.5, 0.6) is 0 Å². The van der Waals surface area contributed by atoms with Crippen LogP contribution in [0.2, 0.25) is 0 Å². The minimum absolute atomic E-state index is 0.0687. The molecule has 4 rings (SSSR count). The Kier molecular flexibility index (Phi) is 3.80. The van der Waals surface area contributed by atoms with E-state index in [1.54, 1.807) is 19.9 Å². The zero-order valence-electron chi connectivity index (χ0n) is 15.3. The van der Waals surface area contributed by atoms with Crippen LogP contribution in [-0.4, -0.2) is 70.8 Å². The Bertz CT molecular complexity index is 689. The third-order valence-corrected chi connectivity index (χ3v) is 6.64. The Morgan fingerprint density at radius 2 is 2.00 bits per heavy atom. The zero-order valence-corrected chi connectivity index (χ0v) is 15.3. The molecule has 144 valence electrons. The molecular weight excluding hydrogens is 342 g/mol. The van der Waals surface area contributed by atoms with Gasteiger partial charge in [-0.15, -0.1) is 0 Å². The van der Waals surface area contributed by atoms with E-state index in [0.29, 0.717) is 18.5 Å². The van der Waals surface area contributed by atoms with Crippen molar-refractivity contribution in [1.82, 2.24) is 0 Å². The van der Waals surface area contributed by atoms with Gasteiger partial charge in [-0.05, 0) is 32.3 Å². The molecule has 0 aliphatic carbocycles. The molecule has 3 saturated heterocycles. The highest BCUT2D eigenvalue weighted by Gasteiger charge is 2.64. The monoisotopic (exact) mass is 367 g/mol. The molecule has 8 heteroatoms. The van der Waals surface area contributed by atoms with Crippen LogP contribution in [0, 0.1) is 11.1 Å². The van der Waals surface area contributed by atoms with Crippen LogP contribution in [0.4, 0.5) is 0 Å². The molecule has 7 atom stereocenters. The molecular formula is C18H25NO7. The van der Waals surface area contributed by atoms with Crippen LogP contribution in [0.25, 0.3) is 0 Å². The summed E-state index contributed by atoms with van der Waals surface area (Å²) < 4.78 is 16.2. The van der Waals surface area contributed by atoms with Crippen molar-refractivity contribution in [3.8, 4) is 0 Å². The zero-order chi connectivity index (χ0) is 18.9. The second-order valence-corrected chi connectivity index (χ2v) is 8.29. The van der Waals surface area contributed by atoms with E-state index in [9.17, 15) is 19.9 Å². The van der Waals surface area contributed by atoms with Crippen molar-refractivity contribution in [3.05, 3.63) is 16.9 Å². The standard InChI is InChI=1S/C18H25NO7/c1-10-8-18(11(2)26-18)16(21)25-13-5-7-19(23)6-4-12(14(13)19)9-24-15(20)17(10,3)22/h4,10-11,13-14,22H,5-9H2,1-3H3/t10?,11-,13+,14+,17+,18-,19?/m0/s1. The van der Waals surface area contributed by atoms with Gasteiger partial charge in [0.15, 0.2) is 23.3 Å². The predicted octanol–water partition coefficient (Wildman–Crippen LogP) is 0.417. The molecule has 0 radical (unpaired) electrons. The smallest absolute Gasteiger partial charge is 0.341 e. The van der Waals surface area contributed by atoms with Crippen molar-refractivity contribution >= 4 is 11.9 Å². The summed E-state index contributed by atoms with van der Waals surface area (Å²) in [4.78, 5) is 25.3. The van der Waals surface area contributed by atoms with Gasteiger partial charge in [0.2, 0.25) is 0 Å². The summed E-state index contributed by atoms with van der Waals surface area (Å²) in [5.74, 6) is -1.83. The first-order chi connectivity index (χ1) is 12.1. The van der Waals surface area contributed by atoms with Gasteiger partial charge in [-0.2, -0.15) is 0 Å². The van der Waals surface area contributed by atoms with Gasteiger partial charge >= 0.3 is 11.9 Å². The molecule has 3 fully saturated rings. The summed E-state index contributed by atoms with van der Waals surface area (Å²) in [5, 5.41) is 23.6. The van der Waals surface area contributed by atoms with Crippen LogP contribution < -0.4 is 0 Å². The van der Waals surface area contributed by atoms with Crippen molar-refractivity contribution in [3.63, 3.8) is 0 Å². The van der Waals surface area contributed by atoms with Gasteiger partial charge in [0.05, 0.1) is 19.2 Å². The van der Waals surface area contributed by atoms with E-state index >= 15 is 0 Å². The Hall–Kier alpha value is -1.48. The minimum atomic E-state index is -1.77. The number of epoxide rings is 1. The number of esters is 2. The van der Waals surface area contributed by atoms with Crippen LogP contribution in [0.15, 0.2) is 11.6 Å². The SMILES string of the molecule is CC1C[C@@]2(O[C@H]2C)C(=O)O[C@@H]2CC[N+]3([O-])CC=C(COC(=O)[C@]1(C)O)[C@H]23. The highest BCUT2D eigenvalue weighted by Crippen LogP contribution is 2.47. The molecule has 8 nitrogen and oxygen atoms in total.